The van der Waals surface area contributed by atoms with Gasteiger partial charge in [-0.1, -0.05) is 40.0 Å². The first-order valence-electron chi connectivity index (χ1n) is 15.8. The summed E-state index contributed by atoms with van der Waals surface area (Å²) in [7, 11) is 0. The largest absolute Gasteiger partial charge is 0.379 e. The molecule has 0 saturated heterocycles. The van der Waals surface area contributed by atoms with Gasteiger partial charge in [0.2, 0.25) is 0 Å². The first kappa shape index (κ1) is 39.6. The molecule has 10 heteroatoms. The molecule has 0 aliphatic heterocycles. The molecule has 0 aromatic carbocycles. The molecule has 0 bridgehead atoms. The molecule has 0 atom stereocenters. The molecule has 0 aliphatic rings. The zero-order valence-electron chi connectivity index (χ0n) is 26.2. The molecule has 0 unspecified atom stereocenters. The molecule has 0 aromatic heterocycles. The van der Waals surface area contributed by atoms with Crippen LogP contribution < -0.4 is 0 Å². The van der Waals surface area contributed by atoms with Crippen molar-refractivity contribution in [3.8, 4) is 0 Å². The van der Waals surface area contributed by atoms with Crippen molar-refractivity contribution in [2.75, 3.05) is 139 Å². The van der Waals surface area contributed by atoms with Crippen LogP contribution in [0.1, 0.15) is 59.3 Å². The molecule has 0 aromatic rings. The smallest absolute Gasteiger partial charge is 0.0701 e. The van der Waals surface area contributed by atoms with Crippen LogP contribution >= 0.6 is 0 Å². The molecule has 40 heavy (non-hydrogen) atoms. The lowest BCUT2D eigenvalue weighted by Gasteiger charge is -2.22. The summed E-state index contributed by atoms with van der Waals surface area (Å²) in [6.07, 6.45) is 6.74. The highest BCUT2D eigenvalue weighted by Gasteiger charge is 2.06. The van der Waals surface area contributed by atoms with Crippen molar-refractivity contribution < 1.29 is 42.6 Å². The molecule has 242 valence electrons. The standard InChI is InChI=1S/C30H63NO9/c1-4-7-13-32-19-25-38-28-22-35-16-10-31(11-17-36-23-29-39-26-20-33-14-8-5-2)12-18-37-24-30-40-27-21-34-15-9-6-3/h4-30H2,1-3H3. The Kier molecular flexibility index (Phi) is 36.3. The Morgan fingerprint density at radius 2 is 0.475 bits per heavy atom. The first-order chi connectivity index (χ1) is 19.8. The van der Waals surface area contributed by atoms with Gasteiger partial charge in [0.25, 0.3) is 0 Å². The molecular weight excluding hydrogens is 518 g/mol. The van der Waals surface area contributed by atoms with Gasteiger partial charge in [0.15, 0.2) is 0 Å². The van der Waals surface area contributed by atoms with Crippen molar-refractivity contribution in [1.29, 1.82) is 0 Å². The third kappa shape index (κ3) is 33.8. The van der Waals surface area contributed by atoms with Gasteiger partial charge in [0.05, 0.1) is 99.1 Å². The Balaban J connectivity index is 3.89. The fraction of sp³-hybridized carbons (Fsp3) is 1.00. The van der Waals surface area contributed by atoms with Crippen LogP contribution in [0, 0.1) is 0 Å². The number of unbranched alkanes of at least 4 members (excludes halogenated alkanes) is 3. The van der Waals surface area contributed by atoms with Crippen LogP contribution in [0.15, 0.2) is 0 Å². The van der Waals surface area contributed by atoms with E-state index in [0.29, 0.717) is 99.1 Å². The zero-order chi connectivity index (χ0) is 29.0. The molecule has 0 heterocycles. The molecular formula is C30H63NO9. The lowest BCUT2D eigenvalue weighted by atomic mass is 10.4. The molecule has 0 radical (unpaired) electrons. The fourth-order valence-electron chi connectivity index (χ4n) is 3.28. The molecule has 0 aliphatic carbocycles. The number of hydrogen-bond donors (Lipinski definition) is 0. The van der Waals surface area contributed by atoms with Crippen LogP contribution in [0.4, 0.5) is 0 Å². The van der Waals surface area contributed by atoms with Crippen LogP contribution in [-0.4, -0.2) is 143 Å². The van der Waals surface area contributed by atoms with E-state index >= 15 is 0 Å². The van der Waals surface area contributed by atoms with Crippen LogP contribution in [0.3, 0.4) is 0 Å². The maximum Gasteiger partial charge on any atom is 0.0701 e. The summed E-state index contributed by atoms with van der Waals surface area (Å²) in [5.74, 6) is 0. The summed E-state index contributed by atoms with van der Waals surface area (Å²) in [4.78, 5) is 2.30. The summed E-state index contributed by atoms with van der Waals surface area (Å²) in [6, 6.07) is 0. The molecule has 0 rings (SSSR count). The van der Waals surface area contributed by atoms with Gasteiger partial charge in [-0.05, 0) is 19.3 Å². The van der Waals surface area contributed by atoms with Crippen molar-refractivity contribution in [3.63, 3.8) is 0 Å². The van der Waals surface area contributed by atoms with E-state index in [0.717, 1.165) is 78.0 Å². The van der Waals surface area contributed by atoms with Gasteiger partial charge >= 0.3 is 0 Å². The highest BCUT2D eigenvalue weighted by atomic mass is 16.6. The fourth-order valence-corrected chi connectivity index (χ4v) is 3.28. The summed E-state index contributed by atoms with van der Waals surface area (Å²) in [6.45, 7) is 20.5. The van der Waals surface area contributed by atoms with Gasteiger partial charge in [-0.2, -0.15) is 0 Å². The molecule has 0 amide bonds. The number of ether oxygens (including phenoxy) is 9. The maximum absolute atomic E-state index is 5.77. The molecule has 0 N–H and O–H groups in total. The van der Waals surface area contributed by atoms with E-state index in [1.165, 1.54) is 0 Å². The third-order valence-electron chi connectivity index (χ3n) is 5.81. The van der Waals surface area contributed by atoms with Gasteiger partial charge < -0.3 is 42.6 Å². The van der Waals surface area contributed by atoms with Gasteiger partial charge in [0.1, 0.15) is 0 Å². The van der Waals surface area contributed by atoms with E-state index in [2.05, 4.69) is 25.7 Å². The predicted molar refractivity (Wildman–Crippen MR) is 159 cm³/mol. The third-order valence-corrected chi connectivity index (χ3v) is 5.81. The summed E-state index contributed by atoms with van der Waals surface area (Å²) < 4.78 is 50.5. The van der Waals surface area contributed by atoms with E-state index < -0.39 is 0 Å². The zero-order valence-corrected chi connectivity index (χ0v) is 26.2. The van der Waals surface area contributed by atoms with Crippen LogP contribution in [0.5, 0.6) is 0 Å². The van der Waals surface area contributed by atoms with E-state index in [1.807, 2.05) is 0 Å². The van der Waals surface area contributed by atoms with Crippen molar-refractivity contribution in [2.24, 2.45) is 0 Å². The highest BCUT2D eigenvalue weighted by Crippen LogP contribution is 1.94. The lowest BCUT2D eigenvalue weighted by Crippen LogP contribution is -2.34. The topological polar surface area (TPSA) is 86.3 Å². The Bertz CT molecular complexity index is 388. The van der Waals surface area contributed by atoms with Gasteiger partial charge in [0, 0.05) is 39.5 Å². The maximum atomic E-state index is 5.77. The predicted octanol–water partition coefficient (Wildman–Crippen LogP) is 3.84. The second kappa shape index (κ2) is 36.6. The minimum atomic E-state index is 0.578. The monoisotopic (exact) mass is 581 g/mol. The Morgan fingerprint density at radius 1 is 0.275 bits per heavy atom. The van der Waals surface area contributed by atoms with Crippen LogP contribution in [-0.2, 0) is 42.6 Å². The second-order valence-corrected chi connectivity index (χ2v) is 9.41. The molecule has 0 fully saturated rings. The normalized spacial score (nSPS) is 11.7. The minimum Gasteiger partial charge on any atom is -0.379 e. The summed E-state index contributed by atoms with van der Waals surface area (Å²) in [5, 5.41) is 0. The van der Waals surface area contributed by atoms with Gasteiger partial charge in [-0.25, -0.2) is 0 Å². The number of rotatable bonds is 36. The SMILES string of the molecule is CCCCOCCOCCOCCN(CCOCCOCCOCCCC)CCOCCOCCOCCCC. The average molecular weight is 582 g/mol. The van der Waals surface area contributed by atoms with Gasteiger partial charge in [-0.15, -0.1) is 0 Å². The lowest BCUT2D eigenvalue weighted by molar-refractivity contribution is -0.00610. The quantitative estimate of drug-likeness (QED) is 0.102. The molecule has 10 nitrogen and oxygen atoms in total. The van der Waals surface area contributed by atoms with Gasteiger partial charge in [-0.3, -0.25) is 4.90 Å². The first-order valence-corrected chi connectivity index (χ1v) is 15.8. The number of nitrogens with zero attached hydrogens (tertiary/aromatic N) is 1. The van der Waals surface area contributed by atoms with Crippen LogP contribution in [0.2, 0.25) is 0 Å². The van der Waals surface area contributed by atoms with Crippen molar-refractivity contribution >= 4 is 0 Å². The number of hydrogen-bond acceptors (Lipinski definition) is 10. The van der Waals surface area contributed by atoms with E-state index in [-0.39, 0.29) is 0 Å². The van der Waals surface area contributed by atoms with Crippen molar-refractivity contribution in [2.45, 2.75) is 59.3 Å². The summed E-state index contributed by atoms with van der Waals surface area (Å²) >= 11 is 0. The van der Waals surface area contributed by atoms with E-state index in [4.69, 9.17) is 42.6 Å². The second-order valence-electron chi connectivity index (χ2n) is 9.41. The highest BCUT2D eigenvalue weighted by molar-refractivity contribution is 4.57. The average Bonchev–Trinajstić information content (AvgIpc) is 2.97. The van der Waals surface area contributed by atoms with E-state index in [9.17, 15) is 0 Å². The van der Waals surface area contributed by atoms with Crippen molar-refractivity contribution in [3.05, 3.63) is 0 Å². The Morgan fingerprint density at radius 3 is 0.700 bits per heavy atom. The summed E-state index contributed by atoms with van der Waals surface area (Å²) in [5.41, 5.74) is 0. The van der Waals surface area contributed by atoms with Crippen molar-refractivity contribution in [1.82, 2.24) is 4.90 Å². The molecule has 0 spiro atoms. The minimum absolute atomic E-state index is 0.578. The molecule has 0 saturated carbocycles. The van der Waals surface area contributed by atoms with E-state index in [1.54, 1.807) is 0 Å². The van der Waals surface area contributed by atoms with Crippen LogP contribution in [0.25, 0.3) is 0 Å². The Hall–Kier alpha value is -0.400. The Labute approximate surface area is 245 Å².